The predicted molar refractivity (Wildman–Crippen MR) is 43.3 cm³/mol. The molecule has 0 heterocycles. The van der Waals surface area contributed by atoms with Gasteiger partial charge < -0.3 is 0 Å². The highest BCUT2D eigenvalue weighted by atomic mass is 31.0. The highest BCUT2D eigenvalue weighted by Gasteiger charge is 2.24. The molecule has 0 radical (unpaired) electrons. The van der Waals surface area contributed by atoms with E-state index in [1.807, 2.05) is 0 Å². The van der Waals surface area contributed by atoms with Crippen molar-refractivity contribution in [3.8, 4) is 0 Å². The number of rotatable bonds is 2. The molecule has 0 aromatic rings. The Kier molecular flexibility index (Phi) is 4.43. The first kappa shape index (κ1) is 10.7. The Balaban J connectivity index is 3.79. The van der Waals surface area contributed by atoms with Crippen LogP contribution >= 0.6 is 9.24 Å². The molecule has 0 amide bonds. The predicted octanol–water partition coefficient (Wildman–Crippen LogP) is 3.27. The first-order valence-corrected chi connectivity index (χ1v) is 3.74. The third-order valence-electron chi connectivity index (χ3n) is 0.993. The molecule has 0 saturated carbocycles. The maximum Gasteiger partial charge on any atom is 0.392 e. The minimum Gasteiger partial charge on any atom is -0.171 e. The van der Waals surface area contributed by atoms with Crippen molar-refractivity contribution < 1.29 is 13.2 Å². The molecule has 0 spiro atoms. The fourth-order valence-electron chi connectivity index (χ4n) is 0.434. The van der Waals surface area contributed by atoms with Crippen LogP contribution < -0.4 is 0 Å². The Hall–Kier alpha value is -0.300. The van der Waals surface area contributed by atoms with Crippen molar-refractivity contribution >= 4 is 9.24 Å². The number of hydrogen-bond acceptors (Lipinski definition) is 0. The number of hydrogen-bond donors (Lipinski definition) is 0. The molecule has 4 heteroatoms. The van der Waals surface area contributed by atoms with Gasteiger partial charge in [-0.2, -0.15) is 13.2 Å². The van der Waals surface area contributed by atoms with E-state index in [9.17, 15) is 13.2 Å². The molecule has 11 heavy (non-hydrogen) atoms. The maximum absolute atomic E-state index is 11.5. The van der Waals surface area contributed by atoms with E-state index in [1.54, 1.807) is 12.7 Å². The first-order valence-electron chi connectivity index (χ1n) is 3.07. The van der Waals surface area contributed by atoms with Crippen LogP contribution in [-0.2, 0) is 0 Å². The lowest BCUT2D eigenvalue weighted by atomic mass is 10.3. The molecule has 0 nitrogen and oxygen atoms in total. The van der Waals surface area contributed by atoms with Crippen molar-refractivity contribution in [2.45, 2.75) is 19.5 Å². The summed E-state index contributed by atoms with van der Waals surface area (Å²) in [5, 5.41) is 0. The zero-order valence-electron chi connectivity index (χ0n) is 6.15. The van der Waals surface area contributed by atoms with Gasteiger partial charge in [0.05, 0.1) is 6.42 Å². The smallest absolute Gasteiger partial charge is 0.171 e. The molecule has 0 saturated heterocycles. The second-order valence-corrected chi connectivity index (χ2v) is 2.47. The molecule has 0 aromatic heterocycles. The van der Waals surface area contributed by atoms with E-state index in [1.165, 1.54) is 6.08 Å². The average molecular weight is 182 g/mol. The van der Waals surface area contributed by atoms with Crippen LogP contribution in [0.3, 0.4) is 0 Å². The highest BCUT2D eigenvalue weighted by molar-refractivity contribution is 7.20. The molecule has 0 aliphatic carbocycles. The van der Waals surface area contributed by atoms with Crippen molar-refractivity contribution in [2.24, 2.45) is 0 Å². The van der Waals surface area contributed by atoms with Gasteiger partial charge in [-0.05, 0) is 6.92 Å². The van der Waals surface area contributed by atoms with Gasteiger partial charge in [-0.15, -0.1) is 9.24 Å². The van der Waals surface area contributed by atoms with Crippen LogP contribution in [0.25, 0.3) is 0 Å². The summed E-state index contributed by atoms with van der Waals surface area (Å²) < 4.78 is 34.6. The quantitative estimate of drug-likeness (QED) is 0.454. The van der Waals surface area contributed by atoms with Gasteiger partial charge in [0.25, 0.3) is 0 Å². The molecule has 1 atom stereocenters. The fourth-order valence-corrected chi connectivity index (χ4v) is 0.545. The van der Waals surface area contributed by atoms with Gasteiger partial charge in [-0.3, -0.25) is 0 Å². The van der Waals surface area contributed by atoms with E-state index in [0.717, 1.165) is 11.6 Å². The summed E-state index contributed by atoms with van der Waals surface area (Å²) in [4.78, 5) is 0. The summed E-state index contributed by atoms with van der Waals surface area (Å²) in [7, 11) is 2.33. The SMILES string of the molecule is CC(/C=C\CC(F)(F)F)=C/P. The summed E-state index contributed by atoms with van der Waals surface area (Å²) in [6, 6.07) is 0. The minimum absolute atomic E-state index is 0.805. The van der Waals surface area contributed by atoms with Crippen molar-refractivity contribution in [1.29, 1.82) is 0 Å². The molecule has 0 bridgehead atoms. The first-order chi connectivity index (χ1) is 4.95. The molecule has 0 aromatic carbocycles. The van der Waals surface area contributed by atoms with Gasteiger partial charge in [0.15, 0.2) is 0 Å². The Bertz CT molecular complexity index is 167. The van der Waals surface area contributed by atoms with Crippen molar-refractivity contribution in [2.75, 3.05) is 0 Å². The Morgan fingerprint density at radius 3 is 2.36 bits per heavy atom. The van der Waals surface area contributed by atoms with Crippen LogP contribution in [0.5, 0.6) is 0 Å². The van der Waals surface area contributed by atoms with Crippen molar-refractivity contribution in [1.82, 2.24) is 0 Å². The van der Waals surface area contributed by atoms with Gasteiger partial charge >= 0.3 is 6.18 Å². The monoisotopic (exact) mass is 182 g/mol. The van der Waals surface area contributed by atoms with E-state index in [0.29, 0.717) is 0 Å². The van der Waals surface area contributed by atoms with Crippen LogP contribution in [0.1, 0.15) is 13.3 Å². The average Bonchev–Trinajstić information content (AvgIpc) is 1.85. The van der Waals surface area contributed by atoms with Gasteiger partial charge in [-0.1, -0.05) is 23.5 Å². The molecule has 0 fully saturated rings. The Morgan fingerprint density at radius 2 is 2.00 bits per heavy atom. The lowest BCUT2D eigenvalue weighted by Crippen LogP contribution is -2.03. The summed E-state index contributed by atoms with van der Waals surface area (Å²) in [6.07, 6.45) is -2.39. The van der Waals surface area contributed by atoms with Crippen molar-refractivity contribution in [3.05, 3.63) is 23.5 Å². The summed E-state index contributed by atoms with van der Waals surface area (Å²) in [5.74, 6) is 1.67. The molecule has 64 valence electrons. The zero-order valence-corrected chi connectivity index (χ0v) is 7.31. The molecular formula is C7H10F3P. The lowest BCUT2D eigenvalue weighted by Gasteiger charge is -1.99. The van der Waals surface area contributed by atoms with Gasteiger partial charge in [-0.25, -0.2) is 0 Å². The molecule has 0 aliphatic rings. The summed E-state index contributed by atoms with van der Waals surface area (Å²) >= 11 is 0. The third kappa shape index (κ3) is 7.60. The van der Waals surface area contributed by atoms with E-state index in [-0.39, 0.29) is 0 Å². The van der Waals surface area contributed by atoms with Crippen LogP contribution in [0.15, 0.2) is 23.5 Å². The van der Waals surface area contributed by atoms with E-state index >= 15 is 0 Å². The Morgan fingerprint density at radius 1 is 1.45 bits per heavy atom. The van der Waals surface area contributed by atoms with E-state index in [2.05, 4.69) is 9.24 Å². The number of alkyl halides is 3. The van der Waals surface area contributed by atoms with Gasteiger partial charge in [0.2, 0.25) is 0 Å². The Labute approximate surface area is 66.4 Å². The zero-order chi connectivity index (χ0) is 8.91. The van der Waals surface area contributed by atoms with Crippen molar-refractivity contribution in [3.63, 3.8) is 0 Å². The number of allylic oxidation sites excluding steroid dienone is 3. The molecular weight excluding hydrogens is 172 g/mol. The van der Waals surface area contributed by atoms with Gasteiger partial charge in [0.1, 0.15) is 0 Å². The molecule has 1 unspecified atom stereocenters. The summed E-state index contributed by atoms with van der Waals surface area (Å²) in [5.41, 5.74) is 0.805. The topological polar surface area (TPSA) is 0 Å². The third-order valence-corrected chi connectivity index (χ3v) is 1.52. The normalized spacial score (nSPS) is 14.5. The second-order valence-electron chi connectivity index (χ2n) is 2.13. The number of halogens is 3. The molecule has 0 N–H and O–H groups in total. The largest absolute Gasteiger partial charge is 0.392 e. The molecule has 0 aliphatic heterocycles. The minimum atomic E-state index is -4.09. The summed E-state index contributed by atoms with van der Waals surface area (Å²) in [6.45, 7) is 1.74. The lowest BCUT2D eigenvalue weighted by molar-refractivity contribution is -0.125. The van der Waals surface area contributed by atoms with Gasteiger partial charge in [0, 0.05) is 0 Å². The van der Waals surface area contributed by atoms with Crippen LogP contribution in [0.2, 0.25) is 0 Å². The fraction of sp³-hybridized carbons (Fsp3) is 0.429. The highest BCUT2D eigenvalue weighted by Crippen LogP contribution is 2.20. The van der Waals surface area contributed by atoms with Crippen LogP contribution in [-0.4, -0.2) is 6.18 Å². The van der Waals surface area contributed by atoms with E-state index in [4.69, 9.17) is 0 Å². The second kappa shape index (κ2) is 4.55. The maximum atomic E-state index is 11.5. The van der Waals surface area contributed by atoms with Crippen LogP contribution in [0.4, 0.5) is 13.2 Å². The molecule has 0 rings (SSSR count). The van der Waals surface area contributed by atoms with E-state index < -0.39 is 12.6 Å². The van der Waals surface area contributed by atoms with Crippen LogP contribution in [0, 0.1) is 0 Å². The standard InChI is InChI=1S/C7H10F3P/c1-6(5-11)3-2-4-7(8,9)10/h2-3,5H,4,11H2,1H3/b3-2-,6-5-.